The highest BCUT2D eigenvalue weighted by atomic mass is 16.6. The van der Waals surface area contributed by atoms with E-state index in [2.05, 4.69) is 24.5 Å². The average Bonchev–Trinajstić information content (AvgIpc) is 2.74. The third-order valence-corrected chi connectivity index (χ3v) is 5.84. The van der Waals surface area contributed by atoms with Crippen LogP contribution >= 0.6 is 0 Å². The van der Waals surface area contributed by atoms with Crippen LogP contribution < -0.4 is 10.6 Å². The van der Waals surface area contributed by atoms with Gasteiger partial charge < -0.3 is 25.4 Å². The normalized spacial score (nSPS) is 14.9. The number of aromatic hydroxyl groups is 1. The zero-order valence-corrected chi connectivity index (χ0v) is 23.6. The van der Waals surface area contributed by atoms with E-state index in [9.17, 15) is 19.5 Å². The number of amides is 3. The lowest BCUT2D eigenvalue weighted by atomic mass is 9.97. The Morgan fingerprint density at radius 3 is 2.03 bits per heavy atom. The summed E-state index contributed by atoms with van der Waals surface area (Å²) in [5.74, 6) is -0.181. The molecule has 0 saturated heterocycles. The molecule has 0 aliphatic heterocycles. The molecule has 0 saturated carbocycles. The first-order valence-corrected chi connectivity index (χ1v) is 13.1. The van der Waals surface area contributed by atoms with Crippen LogP contribution in [0.2, 0.25) is 0 Å². The number of benzene rings is 1. The fraction of sp³-hybridized carbons (Fsp3) is 0.679. The van der Waals surface area contributed by atoms with Crippen LogP contribution in [0.3, 0.4) is 0 Å². The van der Waals surface area contributed by atoms with Crippen LogP contribution in [0.4, 0.5) is 4.79 Å². The predicted molar refractivity (Wildman–Crippen MR) is 143 cm³/mol. The number of carbonyl (C=O) groups is 3. The number of ether oxygens (including phenoxy) is 1. The van der Waals surface area contributed by atoms with Crippen LogP contribution in [0, 0.1) is 5.92 Å². The second-order valence-corrected chi connectivity index (χ2v) is 11.1. The molecule has 0 aromatic heterocycles. The Labute approximate surface area is 217 Å². The number of hydrogen-bond acceptors (Lipinski definition) is 5. The molecule has 0 fully saturated rings. The van der Waals surface area contributed by atoms with Gasteiger partial charge in [0.05, 0.1) is 0 Å². The van der Waals surface area contributed by atoms with Crippen molar-refractivity contribution in [3.05, 3.63) is 29.8 Å². The van der Waals surface area contributed by atoms with Crippen molar-refractivity contribution in [1.82, 2.24) is 15.5 Å². The number of nitrogens with zero attached hydrogens (tertiary/aromatic N) is 1. The molecule has 0 bridgehead atoms. The minimum Gasteiger partial charge on any atom is -0.508 e. The highest BCUT2D eigenvalue weighted by Gasteiger charge is 2.37. The smallest absolute Gasteiger partial charge is 0.408 e. The number of phenolic OH excluding ortho intramolecular Hbond substituents is 1. The second-order valence-electron chi connectivity index (χ2n) is 11.1. The van der Waals surface area contributed by atoms with Gasteiger partial charge in [-0.1, -0.05) is 39.3 Å². The van der Waals surface area contributed by atoms with E-state index in [1.165, 1.54) is 12.1 Å². The Hall–Kier alpha value is -2.77. The Balaban J connectivity index is 3.43. The standard InChI is InChI=1S/C28H47N3O5/c1-10-11-19(4)29-25(33)24(22-14-16-23(32)17-15-22)31(20(5)13-12-18(2)3)26(34)21(6)30-27(35)36-28(7,8)9/h14-21,24,32H,10-13H2,1-9H3,(H,29,33)(H,30,35). The highest BCUT2D eigenvalue weighted by molar-refractivity contribution is 5.92. The van der Waals surface area contributed by atoms with Gasteiger partial charge in [-0.05, 0) is 84.4 Å². The lowest BCUT2D eigenvalue weighted by Crippen LogP contribution is -2.55. The first kappa shape index (κ1) is 31.3. The minimum absolute atomic E-state index is 0.0673. The molecule has 4 atom stereocenters. The Morgan fingerprint density at radius 2 is 1.53 bits per heavy atom. The molecule has 3 N–H and O–H groups in total. The predicted octanol–water partition coefficient (Wildman–Crippen LogP) is 5.30. The molecule has 1 aromatic rings. The van der Waals surface area contributed by atoms with Gasteiger partial charge in [-0.3, -0.25) is 9.59 Å². The van der Waals surface area contributed by atoms with Crippen molar-refractivity contribution in [3.63, 3.8) is 0 Å². The third-order valence-electron chi connectivity index (χ3n) is 5.84. The monoisotopic (exact) mass is 505 g/mol. The van der Waals surface area contributed by atoms with Crippen LogP contribution in [0.15, 0.2) is 24.3 Å². The van der Waals surface area contributed by atoms with Gasteiger partial charge in [-0.15, -0.1) is 0 Å². The number of hydrogen-bond donors (Lipinski definition) is 3. The summed E-state index contributed by atoms with van der Waals surface area (Å²) in [6.45, 7) is 17.0. The molecule has 0 aliphatic rings. The lowest BCUT2D eigenvalue weighted by Gasteiger charge is -2.38. The van der Waals surface area contributed by atoms with E-state index in [0.29, 0.717) is 17.9 Å². The van der Waals surface area contributed by atoms with E-state index in [4.69, 9.17) is 4.74 Å². The van der Waals surface area contributed by atoms with E-state index in [-0.39, 0.29) is 29.6 Å². The van der Waals surface area contributed by atoms with Crippen molar-refractivity contribution in [1.29, 1.82) is 0 Å². The summed E-state index contributed by atoms with van der Waals surface area (Å²) in [6, 6.07) is 4.14. The summed E-state index contributed by atoms with van der Waals surface area (Å²) >= 11 is 0. The Bertz CT molecular complexity index is 848. The maximum atomic E-state index is 13.9. The fourth-order valence-corrected chi connectivity index (χ4v) is 4.00. The number of nitrogens with one attached hydrogen (secondary N) is 2. The number of rotatable bonds is 12. The lowest BCUT2D eigenvalue weighted by molar-refractivity contribution is -0.145. The zero-order chi connectivity index (χ0) is 27.6. The molecule has 1 rings (SSSR count). The van der Waals surface area contributed by atoms with Gasteiger partial charge in [0.25, 0.3) is 0 Å². The van der Waals surface area contributed by atoms with Gasteiger partial charge in [-0.2, -0.15) is 0 Å². The molecule has 204 valence electrons. The number of alkyl carbamates (subject to hydrolysis) is 1. The van der Waals surface area contributed by atoms with Crippen LogP contribution in [-0.4, -0.2) is 51.6 Å². The van der Waals surface area contributed by atoms with Crippen molar-refractivity contribution < 1.29 is 24.2 Å². The first-order valence-electron chi connectivity index (χ1n) is 13.1. The maximum absolute atomic E-state index is 13.9. The van der Waals surface area contributed by atoms with Gasteiger partial charge in [0.15, 0.2) is 0 Å². The Kier molecular flexibility index (Phi) is 12.2. The summed E-state index contributed by atoms with van der Waals surface area (Å²) in [7, 11) is 0. The molecule has 36 heavy (non-hydrogen) atoms. The zero-order valence-electron chi connectivity index (χ0n) is 23.6. The summed E-state index contributed by atoms with van der Waals surface area (Å²) in [5, 5.41) is 15.5. The van der Waals surface area contributed by atoms with E-state index in [1.807, 2.05) is 20.8 Å². The van der Waals surface area contributed by atoms with E-state index in [0.717, 1.165) is 19.3 Å². The molecular weight excluding hydrogens is 458 g/mol. The van der Waals surface area contributed by atoms with Gasteiger partial charge in [0.2, 0.25) is 11.8 Å². The molecule has 3 amide bonds. The van der Waals surface area contributed by atoms with E-state index in [1.54, 1.807) is 44.7 Å². The summed E-state index contributed by atoms with van der Waals surface area (Å²) in [4.78, 5) is 41.5. The van der Waals surface area contributed by atoms with Crippen molar-refractivity contribution in [3.8, 4) is 5.75 Å². The molecule has 0 aliphatic carbocycles. The van der Waals surface area contributed by atoms with Crippen molar-refractivity contribution >= 4 is 17.9 Å². The summed E-state index contributed by atoms with van der Waals surface area (Å²) < 4.78 is 5.34. The molecule has 0 spiro atoms. The molecule has 8 heteroatoms. The van der Waals surface area contributed by atoms with Crippen molar-refractivity contribution in [2.24, 2.45) is 5.92 Å². The largest absolute Gasteiger partial charge is 0.508 e. The first-order chi connectivity index (χ1) is 16.7. The van der Waals surface area contributed by atoms with Crippen LogP contribution in [0.5, 0.6) is 5.75 Å². The molecular formula is C28H47N3O5. The van der Waals surface area contributed by atoms with Crippen molar-refractivity contribution in [2.45, 2.75) is 118 Å². The quantitative estimate of drug-likeness (QED) is 0.357. The third kappa shape index (κ3) is 10.5. The fourth-order valence-electron chi connectivity index (χ4n) is 4.00. The molecule has 1 aromatic carbocycles. The topological polar surface area (TPSA) is 108 Å². The molecule has 0 heterocycles. The molecule has 8 nitrogen and oxygen atoms in total. The van der Waals surface area contributed by atoms with Crippen molar-refractivity contribution in [2.75, 3.05) is 0 Å². The molecule has 4 unspecified atom stereocenters. The summed E-state index contributed by atoms with van der Waals surface area (Å²) in [6.07, 6.45) is 2.58. The van der Waals surface area contributed by atoms with E-state index < -0.39 is 23.8 Å². The van der Waals surface area contributed by atoms with Crippen LogP contribution in [0.1, 0.15) is 99.6 Å². The second kappa shape index (κ2) is 14.1. The van der Waals surface area contributed by atoms with Crippen LogP contribution in [-0.2, 0) is 14.3 Å². The summed E-state index contributed by atoms with van der Waals surface area (Å²) in [5.41, 5.74) is -0.121. The minimum atomic E-state index is -0.928. The molecule has 0 radical (unpaired) electrons. The van der Waals surface area contributed by atoms with Gasteiger partial charge in [0, 0.05) is 12.1 Å². The number of phenols is 1. The number of carbonyl (C=O) groups excluding carboxylic acids is 3. The highest BCUT2D eigenvalue weighted by Crippen LogP contribution is 2.29. The average molecular weight is 506 g/mol. The Morgan fingerprint density at radius 1 is 0.944 bits per heavy atom. The SMILES string of the molecule is CCCC(C)NC(=O)C(c1ccc(O)cc1)N(C(=O)C(C)NC(=O)OC(C)(C)C)C(C)CCC(C)C. The van der Waals surface area contributed by atoms with Gasteiger partial charge >= 0.3 is 6.09 Å². The van der Waals surface area contributed by atoms with Gasteiger partial charge in [-0.25, -0.2) is 4.79 Å². The maximum Gasteiger partial charge on any atom is 0.408 e. The van der Waals surface area contributed by atoms with E-state index >= 15 is 0 Å². The van der Waals surface area contributed by atoms with Gasteiger partial charge in [0.1, 0.15) is 23.4 Å². The van der Waals surface area contributed by atoms with Crippen LogP contribution in [0.25, 0.3) is 0 Å².